The molecule has 0 spiro atoms. The molecule has 1 fully saturated rings. The fourth-order valence-electron chi connectivity index (χ4n) is 3.69. The molecule has 0 bridgehead atoms. The van der Waals surface area contributed by atoms with Gasteiger partial charge in [0, 0.05) is 43.0 Å². The van der Waals surface area contributed by atoms with Crippen molar-refractivity contribution in [2.75, 3.05) is 13.1 Å². The van der Waals surface area contributed by atoms with Gasteiger partial charge in [-0.25, -0.2) is 0 Å². The summed E-state index contributed by atoms with van der Waals surface area (Å²) in [6, 6.07) is 8.41. The number of likely N-dealkylation sites (tertiary alicyclic amines) is 1. The van der Waals surface area contributed by atoms with Gasteiger partial charge in [0.25, 0.3) is 0 Å². The Morgan fingerprint density at radius 3 is 2.88 bits per heavy atom. The van der Waals surface area contributed by atoms with Crippen molar-refractivity contribution in [1.82, 2.24) is 20.0 Å². The number of nitrogens with one attached hydrogen (secondary N) is 1. The van der Waals surface area contributed by atoms with Crippen LogP contribution in [0.4, 0.5) is 0 Å². The summed E-state index contributed by atoms with van der Waals surface area (Å²) in [6.07, 6.45) is 5.09. The Hall–Kier alpha value is -2.63. The molecule has 3 heterocycles. The van der Waals surface area contributed by atoms with Crippen LogP contribution in [0, 0.1) is 6.92 Å². The van der Waals surface area contributed by atoms with Crippen LogP contribution in [-0.4, -0.2) is 39.0 Å². The fraction of sp³-hybridized carbons (Fsp3) is 0.421. The lowest BCUT2D eigenvalue weighted by atomic mass is 9.89. The molecule has 1 N–H and O–H groups in total. The minimum Gasteiger partial charge on any atom is -0.361 e. The number of hydrogen-bond acceptors (Lipinski definition) is 4. The molecule has 1 saturated heterocycles. The number of amides is 1. The smallest absolute Gasteiger partial charge is 0.227 e. The Balaban J connectivity index is 1.34. The number of rotatable bonds is 4. The minimum absolute atomic E-state index is 0.174. The summed E-state index contributed by atoms with van der Waals surface area (Å²) in [5.41, 5.74) is 2.56. The van der Waals surface area contributed by atoms with E-state index in [4.69, 9.17) is 4.52 Å². The van der Waals surface area contributed by atoms with Gasteiger partial charge in [-0.15, -0.1) is 0 Å². The molecule has 0 radical (unpaired) electrons. The topological polar surface area (TPSA) is 75.0 Å². The van der Waals surface area contributed by atoms with Crippen LogP contribution in [0.1, 0.15) is 42.5 Å². The highest BCUT2D eigenvalue weighted by atomic mass is 16.5. The van der Waals surface area contributed by atoms with Gasteiger partial charge in [-0.3, -0.25) is 4.79 Å². The van der Waals surface area contributed by atoms with E-state index in [9.17, 15) is 4.79 Å². The van der Waals surface area contributed by atoms with Crippen LogP contribution in [-0.2, 0) is 11.2 Å². The highest BCUT2D eigenvalue weighted by Gasteiger charge is 2.25. The van der Waals surface area contributed by atoms with Gasteiger partial charge in [0.1, 0.15) is 0 Å². The van der Waals surface area contributed by atoms with Crippen LogP contribution in [0.3, 0.4) is 0 Å². The van der Waals surface area contributed by atoms with Crippen LogP contribution >= 0.6 is 0 Å². The lowest BCUT2D eigenvalue weighted by Crippen LogP contribution is -2.38. The summed E-state index contributed by atoms with van der Waals surface area (Å²) < 4.78 is 5.07. The van der Waals surface area contributed by atoms with Crippen molar-refractivity contribution in [3.8, 4) is 0 Å². The molecule has 1 aromatic carbocycles. The number of aromatic nitrogens is 3. The Morgan fingerprint density at radius 2 is 2.12 bits per heavy atom. The van der Waals surface area contributed by atoms with Gasteiger partial charge in [-0.1, -0.05) is 23.4 Å². The van der Waals surface area contributed by atoms with Gasteiger partial charge in [0.15, 0.2) is 5.82 Å². The van der Waals surface area contributed by atoms with Crippen molar-refractivity contribution >= 4 is 16.8 Å². The molecule has 6 heteroatoms. The van der Waals surface area contributed by atoms with Crippen molar-refractivity contribution < 1.29 is 9.32 Å². The van der Waals surface area contributed by atoms with Crippen LogP contribution in [0.5, 0.6) is 0 Å². The molecule has 130 valence electrons. The van der Waals surface area contributed by atoms with E-state index >= 15 is 0 Å². The summed E-state index contributed by atoms with van der Waals surface area (Å²) in [4.78, 5) is 21.9. The number of benzene rings is 1. The summed E-state index contributed by atoms with van der Waals surface area (Å²) >= 11 is 0. The number of hydrogen-bond donors (Lipinski definition) is 1. The second-order valence-corrected chi connectivity index (χ2v) is 6.68. The number of aryl methyl sites for hydroxylation is 2. The largest absolute Gasteiger partial charge is 0.361 e. The summed E-state index contributed by atoms with van der Waals surface area (Å²) in [6.45, 7) is 3.40. The number of carbonyl (C=O) groups excluding carboxylic acids is 1. The van der Waals surface area contributed by atoms with E-state index in [2.05, 4.69) is 45.6 Å². The predicted octanol–water partition coefficient (Wildman–Crippen LogP) is 3.20. The van der Waals surface area contributed by atoms with E-state index in [0.717, 1.165) is 25.9 Å². The number of para-hydroxylation sites is 1. The van der Waals surface area contributed by atoms with Crippen molar-refractivity contribution in [1.29, 1.82) is 0 Å². The lowest BCUT2D eigenvalue weighted by Gasteiger charge is -2.32. The lowest BCUT2D eigenvalue weighted by molar-refractivity contribution is -0.132. The molecule has 3 aromatic rings. The summed E-state index contributed by atoms with van der Waals surface area (Å²) in [5, 5.41) is 5.06. The van der Waals surface area contributed by atoms with E-state index < -0.39 is 0 Å². The second kappa shape index (κ2) is 6.70. The summed E-state index contributed by atoms with van der Waals surface area (Å²) in [7, 11) is 0. The Labute approximate surface area is 146 Å². The molecule has 0 unspecified atom stereocenters. The fourth-order valence-corrected chi connectivity index (χ4v) is 3.69. The van der Waals surface area contributed by atoms with E-state index in [1.165, 1.54) is 16.5 Å². The summed E-state index contributed by atoms with van der Waals surface area (Å²) in [5.74, 6) is 1.84. The first-order chi connectivity index (χ1) is 12.2. The van der Waals surface area contributed by atoms with Gasteiger partial charge in [0.05, 0.1) is 0 Å². The average Bonchev–Trinajstić information content (AvgIpc) is 3.26. The molecule has 6 nitrogen and oxygen atoms in total. The third kappa shape index (κ3) is 3.29. The maximum atomic E-state index is 12.4. The molecular weight excluding hydrogens is 316 g/mol. The zero-order valence-electron chi connectivity index (χ0n) is 14.4. The molecule has 1 aliphatic heterocycles. The number of piperidine rings is 1. The molecule has 2 aromatic heterocycles. The zero-order valence-corrected chi connectivity index (χ0v) is 14.4. The molecule has 25 heavy (non-hydrogen) atoms. The standard InChI is InChI=1S/C19H22N4O2/c1-13-21-18(25-22-13)6-7-19(24)23-10-8-14(9-11-23)16-12-20-17-5-3-2-4-15(16)17/h2-5,12,14,20H,6-11H2,1H3. The normalized spacial score (nSPS) is 15.8. The second-order valence-electron chi connectivity index (χ2n) is 6.68. The minimum atomic E-state index is 0.174. The quantitative estimate of drug-likeness (QED) is 0.793. The Morgan fingerprint density at radius 1 is 1.32 bits per heavy atom. The first-order valence-corrected chi connectivity index (χ1v) is 8.83. The van der Waals surface area contributed by atoms with Gasteiger partial charge in [0.2, 0.25) is 11.8 Å². The highest BCUT2D eigenvalue weighted by Crippen LogP contribution is 2.33. The molecule has 0 saturated carbocycles. The monoisotopic (exact) mass is 338 g/mol. The third-order valence-corrected chi connectivity index (χ3v) is 5.03. The average molecular weight is 338 g/mol. The van der Waals surface area contributed by atoms with E-state index in [1.54, 1.807) is 6.92 Å². The van der Waals surface area contributed by atoms with Gasteiger partial charge in [-0.2, -0.15) is 4.98 Å². The molecule has 0 aliphatic carbocycles. The maximum absolute atomic E-state index is 12.4. The van der Waals surface area contributed by atoms with Gasteiger partial charge >= 0.3 is 0 Å². The van der Waals surface area contributed by atoms with Crippen molar-refractivity contribution in [2.45, 2.75) is 38.5 Å². The van der Waals surface area contributed by atoms with Crippen molar-refractivity contribution in [3.63, 3.8) is 0 Å². The van der Waals surface area contributed by atoms with Gasteiger partial charge < -0.3 is 14.4 Å². The van der Waals surface area contributed by atoms with E-state index in [1.807, 2.05) is 4.90 Å². The molecule has 4 rings (SSSR count). The molecule has 0 atom stereocenters. The zero-order chi connectivity index (χ0) is 17.2. The SMILES string of the molecule is Cc1noc(CCC(=O)N2CCC(c3c[nH]c4ccccc34)CC2)n1. The van der Waals surface area contributed by atoms with Gasteiger partial charge in [-0.05, 0) is 37.3 Å². The van der Waals surface area contributed by atoms with E-state index in [-0.39, 0.29) is 5.91 Å². The Bertz CT molecular complexity index is 874. The number of fused-ring (bicyclic) bond motifs is 1. The first-order valence-electron chi connectivity index (χ1n) is 8.83. The molecule has 1 amide bonds. The Kier molecular flexibility index (Phi) is 4.26. The number of nitrogens with zero attached hydrogens (tertiary/aromatic N) is 3. The van der Waals surface area contributed by atoms with Crippen LogP contribution < -0.4 is 0 Å². The molecular formula is C19H22N4O2. The first kappa shape index (κ1) is 15.9. The number of carbonyl (C=O) groups is 1. The van der Waals surface area contributed by atoms with E-state index in [0.29, 0.717) is 30.5 Å². The predicted molar refractivity (Wildman–Crippen MR) is 94.2 cm³/mol. The molecule has 1 aliphatic rings. The highest BCUT2D eigenvalue weighted by molar-refractivity contribution is 5.83. The van der Waals surface area contributed by atoms with Crippen LogP contribution in [0.25, 0.3) is 10.9 Å². The van der Waals surface area contributed by atoms with Crippen molar-refractivity contribution in [3.05, 3.63) is 47.7 Å². The number of aromatic amines is 1. The third-order valence-electron chi connectivity index (χ3n) is 5.03. The van der Waals surface area contributed by atoms with Crippen LogP contribution in [0.15, 0.2) is 35.0 Å². The number of H-pyrrole nitrogens is 1. The van der Waals surface area contributed by atoms with Crippen molar-refractivity contribution in [2.24, 2.45) is 0 Å². The maximum Gasteiger partial charge on any atom is 0.227 e. The van der Waals surface area contributed by atoms with Crippen LogP contribution in [0.2, 0.25) is 0 Å².